The first-order chi connectivity index (χ1) is 12.1. The van der Waals surface area contributed by atoms with Crippen molar-refractivity contribution >= 4 is 23.2 Å². The Morgan fingerprint density at radius 1 is 1.08 bits per heavy atom. The van der Waals surface area contributed by atoms with E-state index in [0.717, 1.165) is 62.5 Å². The average Bonchev–Trinajstić information content (AvgIpc) is 2.57. The molecule has 0 bridgehead atoms. The van der Waals surface area contributed by atoms with Crippen LogP contribution in [0.4, 0.5) is 11.4 Å². The van der Waals surface area contributed by atoms with Crippen LogP contribution in [-0.4, -0.2) is 36.3 Å². The second kappa shape index (κ2) is 10.2. The maximum Gasteiger partial charge on any atom is 0.238 e. The minimum absolute atomic E-state index is 0.000903. The number of carbonyl (C=O) groups is 2. The summed E-state index contributed by atoms with van der Waals surface area (Å²) in [7, 11) is 0. The first-order valence-electron chi connectivity index (χ1n) is 9.49. The molecule has 5 heteroatoms. The van der Waals surface area contributed by atoms with Crippen LogP contribution in [0.2, 0.25) is 0 Å². The van der Waals surface area contributed by atoms with Crippen molar-refractivity contribution in [3.8, 4) is 0 Å². The number of benzene rings is 1. The molecule has 0 atom stereocenters. The third-order valence-corrected chi connectivity index (χ3v) is 4.68. The third kappa shape index (κ3) is 7.26. The van der Waals surface area contributed by atoms with Gasteiger partial charge in [-0.2, -0.15) is 0 Å². The number of carbonyl (C=O) groups excluding carboxylic acids is 2. The standard InChI is InChI=1S/C20H31N3O2/c1-3-4-5-9-19(24)21-17-7-6-8-18(14-17)22-20(25)15-23-12-10-16(2)11-13-23/h6-8,14,16H,3-5,9-13,15H2,1-2H3,(H,21,24)(H,22,25). The molecular weight excluding hydrogens is 314 g/mol. The molecule has 0 aromatic heterocycles. The van der Waals surface area contributed by atoms with Crippen molar-refractivity contribution in [2.45, 2.75) is 52.4 Å². The molecular formula is C20H31N3O2. The molecule has 5 nitrogen and oxygen atoms in total. The highest BCUT2D eigenvalue weighted by Gasteiger charge is 2.18. The highest BCUT2D eigenvalue weighted by molar-refractivity contribution is 5.94. The number of piperidine rings is 1. The second-order valence-electron chi connectivity index (χ2n) is 7.09. The van der Waals surface area contributed by atoms with E-state index in [4.69, 9.17) is 0 Å². The van der Waals surface area contributed by atoms with Crippen molar-refractivity contribution < 1.29 is 9.59 Å². The molecule has 0 saturated carbocycles. The van der Waals surface area contributed by atoms with Crippen LogP contribution in [0.25, 0.3) is 0 Å². The Morgan fingerprint density at radius 2 is 1.72 bits per heavy atom. The summed E-state index contributed by atoms with van der Waals surface area (Å²) in [5.74, 6) is 0.789. The smallest absolute Gasteiger partial charge is 0.238 e. The Labute approximate surface area is 151 Å². The van der Waals surface area contributed by atoms with E-state index < -0.39 is 0 Å². The molecule has 1 aliphatic rings. The van der Waals surface area contributed by atoms with Crippen LogP contribution >= 0.6 is 0 Å². The minimum atomic E-state index is 0.000903. The molecule has 25 heavy (non-hydrogen) atoms. The molecule has 1 aromatic carbocycles. The van der Waals surface area contributed by atoms with Crippen molar-refractivity contribution in [1.29, 1.82) is 0 Å². The summed E-state index contributed by atoms with van der Waals surface area (Å²) >= 11 is 0. The van der Waals surface area contributed by atoms with E-state index in [2.05, 4.69) is 29.4 Å². The normalized spacial score (nSPS) is 15.8. The van der Waals surface area contributed by atoms with Crippen molar-refractivity contribution in [1.82, 2.24) is 4.90 Å². The van der Waals surface area contributed by atoms with E-state index in [1.807, 2.05) is 24.3 Å². The summed E-state index contributed by atoms with van der Waals surface area (Å²) < 4.78 is 0. The van der Waals surface area contributed by atoms with Gasteiger partial charge in [-0.1, -0.05) is 32.8 Å². The third-order valence-electron chi connectivity index (χ3n) is 4.68. The Morgan fingerprint density at radius 3 is 2.36 bits per heavy atom. The number of amides is 2. The van der Waals surface area contributed by atoms with Gasteiger partial charge in [-0.15, -0.1) is 0 Å². The number of rotatable bonds is 8. The molecule has 2 rings (SSSR count). The molecule has 1 heterocycles. The number of hydrogen-bond acceptors (Lipinski definition) is 3. The highest BCUT2D eigenvalue weighted by Crippen LogP contribution is 2.17. The molecule has 1 aromatic rings. The monoisotopic (exact) mass is 345 g/mol. The molecule has 1 saturated heterocycles. The number of hydrogen-bond donors (Lipinski definition) is 2. The fourth-order valence-electron chi connectivity index (χ4n) is 3.06. The average molecular weight is 345 g/mol. The fraction of sp³-hybridized carbons (Fsp3) is 0.600. The van der Waals surface area contributed by atoms with Crippen LogP contribution in [0.1, 0.15) is 52.4 Å². The van der Waals surface area contributed by atoms with E-state index >= 15 is 0 Å². The Kier molecular flexibility index (Phi) is 7.92. The topological polar surface area (TPSA) is 61.4 Å². The summed E-state index contributed by atoms with van der Waals surface area (Å²) in [5.41, 5.74) is 1.45. The maximum absolute atomic E-state index is 12.2. The van der Waals surface area contributed by atoms with Gasteiger partial charge in [0, 0.05) is 17.8 Å². The zero-order valence-electron chi connectivity index (χ0n) is 15.5. The quantitative estimate of drug-likeness (QED) is 0.703. The summed E-state index contributed by atoms with van der Waals surface area (Å²) in [6.07, 6.45) is 5.94. The minimum Gasteiger partial charge on any atom is -0.326 e. The number of anilines is 2. The Bertz CT molecular complexity index is 566. The van der Waals surface area contributed by atoms with Crippen LogP contribution in [-0.2, 0) is 9.59 Å². The van der Waals surface area contributed by atoms with Gasteiger partial charge in [0.15, 0.2) is 0 Å². The number of nitrogens with one attached hydrogen (secondary N) is 2. The van der Waals surface area contributed by atoms with Crippen molar-refractivity contribution in [2.24, 2.45) is 5.92 Å². The molecule has 2 amide bonds. The number of nitrogens with zero attached hydrogens (tertiary/aromatic N) is 1. The lowest BCUT2D eigenvalue weighted by molar-refractivity contribution is -0.118. The summed E-state index contributed by atoms with van der Waals surface area (Å²) in [6, 6.07) is 7.36. The van der Waals surface area contributed by atoms with E-state index in [-0.39, 0.29) is 11.8 Å². The van der Waals surface area contributed by atoms with Gasteiger partial charge in [0.2, 0.25) is 11.8 Å². The van der Waals surface area contributed by atoms with E-state index in [9.17, 15) is 9.59 Å². The van der Waals surface area contributed by atoms with Crippen LogP contribution in [0.5, 0.6) is 0 Å². The summed E-state index contributed by atoms with van der Waals surface area (Å²) in [5, 5.41) is 5.83. The van der Waals surface area contributed by atoms with Gasteiger partial charge in [-0.3, -0.25) is 14.5 Å². The lowest BCUT2D eigenvalue weighted by Crippen LogP contribution is -2.38. The Balaban J connectivity index is 1.80. The van der Waals surface area contributed by atoms with Crippen LogP contribution in [0.3, 0.4) is 0 Å². The highest BCUT2D eigenvalue weighted by atomic mass is 16.2. The lowest BCUT2D eigenvalue weighted by atomic mass is 9.99. The molecule has 0 aliphatic carbocycles. The van der Waals surface area contributed by atoms with E-state index in [1.54, 1.807) is 0 Å². The van der Waals surface area contributed by atoms with Gasteiger partial charge >= 0.3 is 0 Å². The van der Waals surface area contributed by atoms with Crippen LogP contribution < -0.4 is 10.6 Å². The fourth-order valence-corrected chi connectivity index (χ4v) is 3.06. The van der Waals surface area contributed by atoms with Crippen LogP contribution in [0, 0.1) is 5.92 Å². The summed E-state index contributed by atoms with van der Waals surface area (Å²) in [6.45, 7) is 6.79. The second-order valence-corrected chi connectivity index (χ2v) is 7.09. The van der Waals surface area contributed by atoms with Gasteiger partial charge < -0.3 is 10.6 Å². The van der Waals surface area contributed by atoms with Crippen LogP contribution in [0.15, 0.2) is 24.3 Å². The van der Waals surface area contributed by atoms with Gasteiger partial charge in [0.05, 0.1) is 6.54 Å². The summed E-state index contributed by atoms with van der Waals surface area (Å²) in [4.78, 5) is 26.3. The van der Waals surface area contributed by atoms with Gasteiger partial charge in [0.1, 0.15) is 0 Å². The van der Waals surface area contributed by atoms with E-state index in [0.29, 0.717) is 13.0 Å². The maximum atomic E-state index is 12.2. The Hall–Kier alpha value is -1.88. The lowest BCUT2D eigenvalue weighted by Gasteiger charge is -2.29. The molecule has 1 fully saturated rings. The molecule has 2 N–H and O–H groups in total. The van der Waals surface area contributed by atoms with Gasteiger partial charge in [-0.05, 0) is 56.5 Å². The zero-order chi connectivity index (χ0) is 18.1. The van der Waals surface area contributed by atoms with Gasteiger partial charge in [-0.25, -0.2) is 0 Å². The molecule has 0 unspecified atom stereocenters. The zero-order valence-corrected chi connectivity index (χ0v) is 15.5. The van der Waals surface area contributed by atoms with E-state index in [1.165, 1.54) is 0 Å². The molecule has 138 valence electrons. The molecule has 0 spiro atoms. The predicted octanol–water partition coefficient (Wildman–Crippen LogP) is 3.88. The van der Waals surface area contributed by atoms with Crippen molar-refractivity contribution in [3.63, 3.8) is 0 Å². The first-order valence-corrected chi connectivity index (χ1v) is 9.49. The number of likely N-dealkylation sites (tertiary alicyclic amines) is 1. The predicted molar refractivity (Wildman–Crippen MR) is 103 cm³/mol. The molecule has 0 radical (unpaired) electrons. The molecule has 1 aliphatic heterocycles. The SMILES string of the molecule is CCCCCC(=O)Nc1cccc(NC(=O)CN2CCC(C)CC2)c1. The van der Waals surface area contributed by atoms with Crippen molar-refractivity contribution in [2.75, 3.05) is 30.3 Å². The largest absolute Gasteiger partial charge is 0.326 e. The first kappa shape index (κ1) is 19.4. The number of unbranched alkanes of at least 4 members (excludes halogenated alkanes) is 2. The van der Waals surface area contributed by atoms with Gasteiger partial charge in [0.25, 0.3) is 0 Å². The van der Waals surface area contributed by atoms with Crippen molar-refractivity contribution in [3.05, 3.63) is 24.3 Å².